The van der Waals surface area contributed by atoms with E-state index in [0.717, 1.165) is 31.4 Å². The molecule has 2 fully saturated rings. The number of hydrogen-bond acceptors (Lipinski definition) is 2. The van der Waals surface area contributed by atoms with Gasteiger partial charge in [0.1, 0.15) is 0 Å². The minimum absolute atomic E-state index is 0.159. The Kier molecular flexibility index (Phi) is 2.50. The number of nitrogens with zero attached hydrogens (tertiary/aromatic N) is 1. The van der Waals surface area contributed by atoms with Crippen molar-refractivity contribution in [2.24, 2.45) is 10.6 Å². The molecule has 14 heavy (non-hydrogen) atoms. The molecular formula is C11H18ClNO. The van der Waals surface area contributed by atoms with E-state index in [-0.39, 0.29) is 10.3 Å². The molecule has 2 nitrogen and oxygen atoms in total. The fourth-order valence-corrected chi connectivity index (χ4v) is 3.63. The highest BCUT2D eigenvalue weighted by Crippen LogP contribution is 2.55. The van der Waals surface area contributed by atoms with Crippen LogP contribution in [0.4, 0.5) is 0 Å². The molecule has 2 saturated carbocycles. The van der Waals surface area contributed by atoms with Crippen molar-refractivity contribution in [3.05, 3.63) is 0 Å². The maximum atomic E-state index is 9.01. The summed E-state index contributed by atoms with van der Waals surface area (Å²) < 4.78 is 0. The Morgan fingerprint density at radius 1 is 1.21 bits per heavy atom. The molecule has 0 amide bonds. The Bertz CT molecular complexity index is 262. The third kappa shape index (κ3) is 1.27. The largest absolute Gasteiger partial charge is 0.411 e. The lowest BCUT2D eigenvalue weighted by Crippen LogP contribution is -2.53. The van der Waals surface area contributed by atoms with Crippen LogP contribution in [0.1, 0.15) is 51.9 Å². The van der Waals surface area contributed by atoms with Gasteiger partial charge in [0.15, 0.2) is 0 Å². The highest BCUT2D eigenvalue weighted by atomic mass is 35.5. The van der Waals surface area contributed by atoms with Gasteiger partial charge in [0.25, 0.3) is 0 Å². The normalized spacial score (nSPS) is 46.3. The van der Waals surface area contributed by atoms with E-state index in [2.05, 4.69) is 12.1 Å². The van der Waals surface area contributed by atoms with E-state index in [1.54, 1.807) is 0 Å². The van der Waals surface area contributed by atoms with Crippen molar-refractivity contribution in [1.29, 1.82) is 0 Å². The molecular weight excluding hydrogens is 198 g/mol. The number of fused-ring (bicyclic) bond motifs is 1. The Balaban J connectivity index is 2.36. The molecule has 2 atom stereocenters. The molecule has 2 aliphatic rings. The van der Waals surface area contributed by atoms with Crippen LogP contribution in [-0.2, 0) is 0 Å². The predicted octanol–water partition coefficient (Wildman–Crippen LogP) is 3.56. The van der Waals surface area contributed by atoms with Gasteiger partial charge in [-0.1, -0.05) is 24.9 Å². The van der Waals surface area contributed by atoms with Crippen LogP contribution in [0, 0.1) is 5.41 Å². The van der Waals surface area contributed by atoms with Crippen LogP contribution < -0.4 is 0 Å². The van der Waals surface area contributed by atoms with E-state index in [4.69, 9.17) is 16.8 Å². The number of rotatable bonds is 0. The second-order valence-corrected chi connectivity index (χ2v) is 5.61. The molecule has 0 heterocycles. The van der Waals surface area contributed by atoms with Gasteiger partial charge in [0.2, 0.25) is 0 Å². The average molecular weight is 216 g/mol. The molecule has 0 spiro atoms. The van der Waals surface area contributed by atoms with Gasteiger partial charge in [-0.15, -0.1) is 11.6 Å². The Hall–Kier alpha value is -0.240. The summed E-state index contributed by atoms with van der Waals surface area (Å²) in [6.45, 7) is 2.25. The molecule has 1 N–H and O–H groups in total. The van der Waals surface area contributed by atoms with Crippen LogP contribution in [0.15, 0.2) is 5.16 Å². The molecule has 0 aromatic heterocycles. The van der Waals surface area contributed by atoms with Crippen molar-refractivity contribution in [1.82, 2.24) is 0 Å². The lowest BCUT2D eigenvalue weighted by atomic mass is 9.59. The van der Waals surface area contributed by atoms with Crippen LogP contribution in [0.25, 0.3) is 0 Å². The maximum absolute atomic E-state index is 9.01. The highest BCUT2D eigenvalue weighted by molar-refractivity contribution is 6.37. The third-order valence-electron chi connectivity index (χ3n) is 4.18. The summed E-state index contributed by atoms with van der Waals surface area (Å²) in [4.78, 5) is -0.349. The van der Waals surface area contributed by atoms with Crippen LogP contribution in [0.3, 0.4) is 0 Å². The zero-order chi connectivity index (χ0) is 10.2. The monoisotopic (exact) mass is 215 g/mol. The first-order valence-electron chi connectivity index (χ1n) is 5.53. The van der Waals surface area contributed by atoms with Crippen LogP contribution >= 0.6 is 11.6 Å². The molecule has 0 saturated heterocycles. The number of hydrogen-bond donors (Lipinski definition) is 1. The van der Waals surface area contributed by atoms with Crippen molar-refractivity contribution < 1.29 is 5.21 Å². The molecule has 0 aromatic carbocycles. The summed E-state index contributed by atoms with van der Waals surface area (Å²) in [7, 11) is 0. The quantitative estimate of drug-likeness (QED) is 0.374. The minimum Gasteiger partial charge on any atom is -0.411 e. The Labute approximate surface area is 90.3 Å². The number of halogens is 1. The van der Waals surface area contributed by atoms with Gasteiger partial charge < -0.3 is 5.21 Å². The smallest absolute Gasteiger partial charge is 0.0912 e. The highest BCUT2D eigenvalue weighted by Gasteiger charge is 2.53. The van der Waals surface area contributed by atoms with E-state index in [1.807, 2.05) is 0 Å². The Morgan fingerprint density at radius 2 is 1.86 bits per heavy atom. The fourth-order valence-electron chi connectivity index (χ4n) is 3.17. The van der Waals surface area contributed by atoms with Gasteiger partial charge in [-0.05, 0) is 37.5 Å². The van der Waals surface area contributed by atoms with Crippen LogP contribution in [-0.4, -0.2) is 15.8 Å². The summed E-state index contributed by atoms with van der Waals surface area (Å²) >= 11 is 6.69. The summed E-state index contributed by atoms with van der Waals surface area (Å²) in [5.41, 5.74) is 0.986. The van der Waals surface area contributed by atoms with Crippen molar-refractivity contribution in [3.8, 4) is 0 Å². The third-order valence-corrected chi connectivity index (χ3v) is 5.04. The second-order valence-electron chi connectivity index (χ2n) is 4.97. The zero-order valence-electron chi connectivity index (χ0n) is 8.72. The zero-order valence-corrected chi connectivity index (χ0v) is 9.48. The number of alkyl halides is 1. The lowest BCUT2D eigenvalue weighted by Gasteiger charge is -2.51. The van der Waals surface area contributed by atoms with Gasteiger partial charge in [0, 0.05) is 0 Å². The van der Waals surface area contributed by atoms with Crippen molar-refractivity contribution in [2.45, 2.75) is 56.7 Å². The standard InChI is InChI=1S/C11H18ClNO/c1-10-6-2-3-8-11(10,12)9(13-14)5-4-7-10/h14H,2-8H2,1H3/b13-9-/t10-,11+/m1/s1. The fraction of sp³-hybridized carbons (Fsp3) is 0.909. The summed E-state index contributed by atoms with van der Waals surface area (Å²) in [6, 6.07) is 0. The molecule has 2 aliphatic carbocycles. The van der Waals surface area contributed by atoms with Gasteiger partial charge in [-0.2, -0.15) is 0 Å². The van der Waals surface area contributed by atoms with Crippen LogP contribution in [0.5, 0.6) is 0 Å². The summed E-state index contributed by atoms with van der Waals surface area (Å²) in [5, 5.41) is 12.4. The summed E-state index contributed by atoms with van der Waals surface area (Å²) in [5.74, 6) is 0. The van der Waals surface area contributed by atoms with Gasteiger partial charge in [-0.25, -0.2) is 0 Å². The van der Waals surface area contributed by atoms with E-state index in [9.17, 15) is 0 Å². The van der Waals surface area contributed by atoms with Gasteiger partial charge in [0.05, 0.1) is 10.6 Å². The maximum Gasteiger partial charge on any atom is 0.0912 e. The molecule has 0 unspecified atom stereocenters. The van der Waals surface area contributed by atoms with E-state index >= 15 is 0 Å². The van der Waals surface area contributed by atoms with Crippen LogP contribution in [0.2, 0.25) is 0 Å². The molecule has 80 valence electrons. The molecule has 3 heteroatoms. The molecule has 0 bridgehead atoms. The molecule has 2 rings (SSSR count). The van der Waals surface area contributed by atoms with Crippen molar-refractivity contribution in [3.63, 3.8) is 0 Å². The predicted molar refractivity (Wildman–Crippen MR) is 58.2 cm³/mol. The van der Waals surface area contributed by atoms with E-state index < -0.39 is 0 Å². The van der Waals surface area contributed by atoms with Crippen molar-refractivity contribution >= 4 is 17.3 Å². The first-order valence-corrected chi connectivity index (χ1v) is 5.90. The van der Waals surface area contributed by atoms with Crippen molar-refractivity contribution in [2.75, 3.05) is 0 Å². The molecule has 0 aliphatic heterocycles. The minimum atomic E-state index is -0.349. The SMILES string of the molecule is C[C@]12CCCC[C@]1(Cl)/C(=N\O)CCC2. The molecule has 0 aromatic rings. The van der Waals surface area contributed by atoms with E-state index in [0.29, 0.717) is 0 Å². The second kappa shape index (κ2) is 3.41. The number of oxime groups is 1. The topological polar surface area (TPSA) is 32.6 Å². The average Bonchev–Trinajstić information content (AvgIpc) is 2.17. The van der Waals surface area contributed by atoms with Gasteiger partial charge in [-0.3, -0.25) is 0 Å². The first-order chi connectivity index (χ1) is 6.62. The Morgan fingerprint density at radius 3 is 2.57 bits per heavy atom. The summed E-state index contributed by atoms with van der Waals surface area (Å²) in [6.07, 6.45) is 7.75. The van der Waals surface area contributed by atoms with E-state index in [1.165, 1.54) is 19.3 Å². The lowest BCUT2D eigenvalue weighted by molar-refractivity contribution is 0.149. The molecule has 0 radical (unpaired) electrons. The van der Waals surface area contributed by atoms with Gasteiger partial charge >= 0.3 is 0 Å². The first kappa shape index (κ1) is 10.3.